The number of aromatic nitrogens is 3. The molecule has 4 rings (SSSR count). The third kappa shape index (κ3) is 3.47. The van der Waals surface area contributed by atoms with Gasteiger partial charge in [-0.25, -0.2) is 4.98 Å². The zero-order valence-electron chi connectivity index (χ0n) is 17.0. The van der Waals surface area contributed by atoms with Crippen molar-refractivity contribution in [1.82, 2.24) is 24.4 Å². The lowest BCUT2D eigenvalue weighted by molar-refractivity contribution is 0.127. The van der Waals surface area contributed by atoms with Crippen LogP contribution in [-0.4, -0.2) is 84.1 Å². The average molecular weight is 420 g/mol. The number of piperazine rings is 1. The van der Waals surface area contributed by atoms with Crippen molar-refractivity contribution in [2.45, 2.75) is 6.04 Å². The lowest BCUT2D eigenvalue weighted by Crippen LogP contribution is -2.46. The van der Waals surface area contributed by atoms with Crippen LogP contribution in [0.2, 0.25) is 0 Å². The van der Waals surface area contributed by atoms with E-state index in [0.717, 1.165) is 36.6 Å². The first-order chi connectivity index (χ1) is 14.1. The molecule has 10 heteroatoms. The molecule has 1 aromatic carbocycles. The Balaban J connectivity index is 1.86. The second-order valence-corrected chi connectivity index (χ2v) is 7.95. The molecule has 156 valence electrons. The maximum Gasteiger partial charge on any atom is 0.230 e. The number of likely N-dealkylation sites (N-methyl/N-ethyl adjacent to an activating group) is 1. The molecule has 1 N–H and O–H groups in total. The Hall–Kier alpha value is -2.56. The Kier molecular flexibility index (Phi) is 5.48. The maximum atomic E-state index is 10.9. The molecule has 0 amide bonds. The molecule has 1 atom stereocenters. The summed E-state index contributed by atoms with van der Waals surface area (Å²) < 4.78 is 18.1. The van der Waals surface area contributed by atoms with Crippen LogP contribution in [0.1, 0.15) is 16.5 Å². The maximum absolute atomic E-state index is 10.9. The second kappa shape index (κ2) is 8.05. The minimum Gasteiger partial charge on any atom is -0.493 e. The quantitative estimate of drug-likeness (QED) is 0.648. The van der Waals surface area contributed by atoms with Gasteiger partial charge >= 0.3 is 0 Å². The monoisotopic (exact) mass is 419 g/mol. The molecule has 0 unspecified atom stereocenters. The predicted molar refractivity (Wildman–Crippen MR) is 110 cm³/mol. The second-order valence-electron chi connectivity index (χ2n) is 6.94. The lowest BCUT2D eigenvalue weighted by atomic mass is 10.0. The van der Waals surface area contributed by atoms with Gasteiger partial charge in [0.1, 0.15) is 6.33 Å². The minimum atomic E-state index is -0.189. The zero-order valence-corrected chi connectivity index (χ0v) is 17.8. The van der Waals surface area contributed by atoms with Crippen molar-refractivity contribution in [3.05, 3.63) is 28.9 Å². The van der Waals surface area contributed by atoms with Gasteiger partial charge in [-0.15, -0.1) is 0 Å². The molecule has 0 radical (unpaired) electrons. The highest BCUT2D eigenvalue weighted by Gasteiger charge is 2.32. The summed E-state index contributed by atoms with van der Waals surface area (Å²) in [7, 11) is 6.91. The van der Waals surface area contributed by atoms with Gasteiger partial charge in [0.05, 0.1) is 32.2 Å². The third-order valence-electron chi connectivity index (χ3n) is 5.29. The molecule has 3 heterocycles. The van der Waals surface area contributed by atoms with E-state index in [9.17, 15) is 5.11 Å². The minimum absolute atomic E-state index is 0.111. The van der Waals surface area contributed by atoms with Gasteiger partial charge in [0, 0.05) is 26.2 Å². The first-order valence-electron chi connectivity index (χ1n) is 9.31. The molecule has 1 aliphatic rings. The molecule has 1 aliphatic heterocycles. The van der Waals surface area contributed by atoms with E-state index < -0.39 is 0 Å². The van der Waals surface area contributed by atoms with E-state index in [1.807, 2.05) is 12.1 Å². The fourth-order valence-electron chi connectivity index (χ4n) is 3.74. The summed E-state index contributed by atoms with van der Waals surface area (Å²) in [5.74, 6) is 1.82. The number of fused-ring (bicyclic) bond motifs is 1. The van der Waals surface area contributed by atoms with E-state index in [2.05, 4.69) is 26.9 Å². The molecule has 29 heavy (non-hydrogen) atoms. The van der Waals surface area contributed by atoms with E-state index in [4.69, 9.17) is 14.2 Å². The fraction of sp³-hybridized carbons (Fsp3) is 0.474. The topological polar surface area (TPSA) is 84.6 Å². The third-order valence-corrected chi connectivity index (χ3v) is 6.38. The number of rotatable bonds is 6. The van der Waals surface area contributed by atoms with Crippen LogP contribution < -0.4 is 14.2 Å². The smallest absolute Gasteiger partial charge is 0.230 e. The van der Waals surface area contributed by atoms with Crippen LogP contribution in [0.3, 0.4) is 0 Å². The summed E-state index contributed by atoms with van der Waals surface area (Å²) >= 11 is 1.44. The summed E-state index contributed by atoms with van der Waals surface area (Å²) in [6.45, 7) is 3.63. The van der Waals surface area contributed by atoms with Crippen molar-refractivity contribution in [2.75, 3.05) is 54.6 Å². The predicted octanol–water partition coefficient (Wildman–Crippen LogP) is 1.86. The summed E-state index contributed by atoms with van der Waals surface area (Å²) in [5.41, 5.74) is 0.948. The van der Waals surface area contributed by atoms with Gasteiger partial charge in [0.15, 0.2) is 11.5 Å². The molecule has 0 bridgehead atoms. The summed E-state index contributed by atoms with van der Waals surface area (Å²) in [6.07, 6.45) is 1.44. The van der Waals surface area contributed by atoms with Gasteiger partial charge < -0.3 is 24.2 Å². The number of aromatic hydroxyl groups is 1. The normalized spacial score (nSPS) is 16.8. The van der Waals surface area contributed by atoms with Crippen molar-refractivity contribution in [3.8, 4) is 23.1 Å². The van der Waals surface area contributed by atoms with E-state index in [1.165, 1.54) is 22.2 Å². The number of methoxy groups -OCH3 is 3. The number of benzene rings is 1. The average Bonchev–Trinajstić information content (AvgIpc) is 3.32. The van der Waals surface area contributed by atoms with Gasteiger partial charge in [0.2, 0.25) is 16.6 Å². The van der Waals surface area contributed by atoms with E-state index in [-0.39, 0.29) is 11.9 Å². The number of thiazole rings is 1. The molecule has 0 spiro atoms. The van der Waals surface area contributed by atoms with Crippen molar-refractivity contribution >= 4 is 16.3 Å². The highest BCUT2D eigenvalue weighted by Crippen LogP contribution is 2.45. The van der Waals surface area contributed by atoms with Crippen LogP contribution in [0, 0.1) is 0 Å². The highest BCUT2D eigenvalue weighted by atomic mass is 32.1. The molecule has 1 fully saturated rings. The van der Waals surface area contributed by atoms with E-state index in [1.54, 1.807) is 21.3 Å². The molecule has 3 aromatic rings. The first-order valence-corrected chi connectivity index (χ1v) is 10.1. The Bertz CT molecular complexity index is 971. The molecule has 9 nitrogen and oxygen atoms in total. The van der Waals surface area contributed by atoms with Crippen LogP contribution in [0.4, 0.5) is 0 Å². The van der Waals surface area contributed by atoms with Crippen molar-refractivity contribution in [1.29, 1.82) is 0 Å². The van der Waals surface area contributed by atoms with Gasteiger partial charge in [0.25, 0.3) is 0 Å². The van der Waals surface area contributed by atoms with Crippen molar-refractivity contribution in [3.63, 3.8) is 0 Å². The Morgan fingerprint density at radius 2 is 1.69 bits per heavy atom. The number of hydrogen-bond acceptors (Lipinski definition) is 9. The Morgan fingerprint density at radius 3 is 2.24 bits per heavy atom. The van der Waals surface area contributed by atoms with Gasteiger partial charge in [-0.2, -0.15) is 9.61 Å². The molecule has 2 aromatic heterocycles. The summed E-state index contributed by atoms with van der Waals surface area (Å²) in [5, 5.41) is 15.0. The first kappa shape index (κ1) is 19.7. The molecular formula is C19H25N5O4S. The molecule has 0 aliphatic carbocycles. The van der Waals surface area contributed by atoms with Gasteiger partial charge in [-0.1, -0.05) is 11.3 Å². The summed E-state index contributed by atoms with van der Waals surface area (Å²) in [4.78, 5) is 10.3. The Morgan fingerprint density at radius 1 is 1.03 bits per heavy atom. The van der Waals surface area contributed by atoms with Crippen LogP contribution in [0.5, 0.6) is 23.1 Å². The largest absolute Gasteiger partial charge is 0.493 e. The van der Waals surface area contributed by atoms with Crippen LogP contribution in [0.15, 0.2) is 18.5 Å². The van der Waals surface area contributed by atoms with E-state index in [0.29, 0.717) is 22.2 Å². The molecular weight excluding hydrogens is 394 g/mol. The number of hydrogen-bond donors (Lipinski definition) is 1. The number of ether oxygens (including phenoxy) is 3. The van der Waals surface area contributed by atoms with Crippen LogP contribution in [0.25, 0.3) is 4.96 Å². The number of nitrogens with zero attached hydrogens (tertiary/aromatic N) is 5. The van der Waals surface area contributed by atoms with E-state index >= 15 is 0 Å². The lowest BCUT2D eigenvalue weighted by Gasteiger charge is -2.38. The molecule has 1 saturated heterocycles. The zero-order chi connectivity index (χ0) is 20.5. The van der Waals surface area contributed by atoms with Crippen LogP contribution in [-0.2, 0) is 0 Å². The standard InChI is InChI=1S/C19H25N5O4S/c1-22-5-7-23(8-6-22)15(17-18(25)24-19(29-17)20-11-21-24)12-9-13(26-2)16(28-4)14(10-12)27-3/h9-11,15,25H,5-8H2,1-4H3/t15-/m0/s1. The van der Waals surface area contributed by atoms with Gasteiger partial charge in [-0.05, 0) is 24.7 Å². The van der Waals surface area contributed by atoms with Gasteiger partial charge in [-0.3, -0.25) is 4.90 Å². The van der Waals surface area contributed by atoms with Crippen LogP contribution >= 0.6 is 11.3 Å². The molecule has 0 saturated carbocycles. The summed E-state index contributed by atoms with van der Waals surface area (Å²) in [6, 6.07) is 3.70. The van der Waals surface area contributed by atoms with Crippen molar-refractivity contribution < 1.29 is 19.3 Å². The SMILES string of the molecule is COc1cc([C@@H](c2sc3ncnn3c2O)N2CCN(C)CC2)cc(OC)c1OC. The highest BCUT2D eigenvalue weighted by molar-refractivity contribution is 7.17. The van der Waals surface area contributed by atoms with Crippen molar-refractivity contribution in [2.24, 2.45) is 0 Å². The fourth-order valence-corrected chi connectivity index (χ4v) is 4.83. The Labute approximate surface area is 173 Å².